The van der Waals surface area contributed by atoms with E-state index in [9.17, 15) is 0 Å². The molecule has 0 saturated heterocycles. The van der Waals surface area contributed by atoms with Gasteiger partial charge in [-0.05, 0) is 50.2 Å². The van der Waals surface area contributed by atoms with E-state index in [1.165, 1.54) is 3.57 Å². The molecule has 0 fully saturated rings. The first kappa shape index (κ1) is 11.4. The summed E-state index contributed by atoms with van der Waals surface area (Å²) in [6, 6.07) is 5.98. The van der Waals surface area contributed by atoms with Gasteiger partial charge in [0.2, 0.25) is 0 Å². The van der Waals surface area contributed by atoms with Crippen LogP contribution in [0.25, 0.3) is 0 Å². The monoisotopic (exact) mass is 355 g/mol. The topological polar surface area (TPSA) is 35.2 Å². The van der Waals surface area contributed by atoms with E-state index < -0.39 is 0 Å². The number of halogens is 2. The molecular formula is C9H11BrINO. The van der Waals surface area contributed by atoms with Crippen molar-refractivity contribution in [3.63, 3.8) is 0 Å². The van der Waals surface area contributed by atoms with Crippen LogP contribution in [0.2, 0.25) is 0 Å². The highest BCUT2D eigenvalue weighted by Crippen LogP contribution is 2.27. The molecule has 13 heavy (non-hydrogen) atoms. The van der Waals surface area contributed by atoms with E-state index in [1.807, 2.05) is 18.2 Å². The number of rotatable bonds is 3. The van der Waals surface area contributed by atoms with Gasteiger partial charge in [0.05, 0.1) is 12.6 Å². The van der Waals surface area contributed by atoms with Gasteiger partial charge in [-0.15, -0.1) is 0 Å². The Morgan fingerprint density at radius 1 is 1.62 bits per heavy atom. The molecule has 0 saturated carbocycles. The van der Waals surface area contributed by atoms with Gasteiger partial charge < -0.3 is 10.5 Å². The second-order valence-electron chi connectivity index (χ2n) is 2.70. The van der Waals surface area contributed by atoms with Crippen molar-refractivity contribution >= 4 is 38.5 Å². The predicted molar refractivity (Wildman–Crippen MR) is 65.7 cm³/mol. The van der Waals surface area contributed by atoms with Crippen LogP contribution in [0.15, 0.2) is 22.7 Å². The Kier molecular flexibility index (Phi) is 4.64. The van der Waals surface area contributed by atoms with Crippen molar-refractivity contribution < 1.29 is 4.74 Å². The second kappa shape index (κ2) is 5.29. The van der Waals surface area contributed by atoms with Crippen LogP contribution in [0.3, 0.4) is 0 Å². The van der Waals surface area contributed by atoms with Crippen molar-refractivity contribution in [1.29, 1.82) is 0 Å². The van der Waals surface area contributed by atoms with Gasteiger partial charge in [-0.25, -0.2) is 0 Å². The quantitative estimate of drug-likeness (QED) is 0.846. The Bertz CT molecular complexity index is 293. The first-order chi connectivity index (χ1) is 6.16. The maximum atomic E-state index is 5.92. The molecule has 0 aliphatic carbocycles. The van der Waals surface area contributed by atoms with Crippen LogP contribution < -0.4 is 5.73 Å². The molecule has 0 aromatic heterocycles. The van der Waals surface area contributed by atoms with Gasteiger partial charge in [0.1, 0.15) is 0 Å². The van der Waals surface area contributed by atoms with E-state index in [0.717, 1.165) is 10.0 Å². The van der Waals surface area contributed by atoms with Gasteiger partial charge in [-0.1, -0.05) is 12.1 Å². The Morgan fingerprint density at radius 3 is 2.92 bits per heavy atom. The first-order valence-corrected chi connectivity index (χ1v) is 5.72. The molecule has 4 heteroatoms. The lowest BCUT2D eigenvalue weighted by atomic mass is 10.1. The molecule has 0 aliphatic rings. The van der Waals surface area contributed by atoms with Crippen molar-refractivity contribution in [2.24, 2.45) is 5.73 Å². The zero-order chi connectivity index (χ0) is 9.84. The molecule has 0 bridgehead atoms. The molecule has 2 nitrogen and oxygen atoms in total. The number of methoxy groups -OCH3 is 1. The molecule has 72 valence electrons. The number of ether oxygens (including phenoxy) is 1. The molecule has 0 amide bonds. The second-order valence-corrected chi connectivity index (χ2v) is 4.66. The Morgan fingerprint density at radius 2 is 2.31 bits per heavy atom. The molecule has 0 spiro atoms. The number of hydrogen-bond acceptors (Lipinski definition) is 2. The van der Waals surface area contributed by atoms with Crippen LogP contribution in [0.5, 0.6) is 0 Å². The SMILES string of the molecule is COC[C@@H](N)c1cccc(I)c1Br. The number of benzene rings is 1. The van der Waals surface area contributed by atoms with Gasteiger partial charge in [0.15, 0.2) is 0 Å². The van der Waals surface area contributed by atoms with Gasteiger partial charge in [-0.3, -0.25) is 0 Å². The van der Waals surface area contributed by atoms with Crippen molar-refractivity contribution in [3.8, 4) is 0 Å². The normalized spacial score (nSPS) is 12.9. The average molecular weight is 356 g/mol. The van der Waals surface area contributed by atoms with E-state index in [-0.39, 0.29) is 6.04 Å². The maximum Gasteiger partial charge on any atom is 0.0655 e. The van der Waals surface area contributed by atoms with Crippen LogP contribution in [-0.2, 0) is 4.74 Å². The fraction of sp³-hybridized carbons (Fsp3) is 0.333. The zero-order valence-electron chi connectivity index (χ0n) is 7.26. The molecule has 0 aliphatic heterocycles. The molecule has 0 heterocycles. The summed E-state index contributed by atoms with van der Waals surface area (Å²) in [6.45, 7) is 0.540. The molecule has 0 radical (unpaired) electrons. The molecule has 1 rings (SSSR count). The fourth-order valence-electron chi connectivity index (χ4n) is 1.08. The Labute approximate surface area is 100 Å². The van der Waals surface area contributed by atoms with E-state index in [1.54, 1.807) is 7.11 Å². The van der Waals surface area contributed by atoms with Gasteiger partial charge >= 0.3 is 0 Å². The van der Waals surface area contributed by atoms with E-state index in [2.05, 4.69) is 38.5 Å². The van der Waals surface area contributed by atoms with Crippen LogP contribution >= 0.6 is 38.5 Å². The predicted octanol–water partition coefficient (Wildman–Crippen LogP) is 2.70. The highest BCUT2D eigenvalue weighted by molar-refractivity contribution is 14.1. The summed E-state index contributed by atoms with van der Waals surface area (Å²) in [5, 5.41) is 0. The third-order valence-electron chi connectivity index (χ3n) is 1.73. The minimum absolute atomic E-state index is 0.0610. The fourth-order valence-corrected chi connectivity index (χ4v) is 2.15. The lowest BCUT2D eigenvalue weighted by molar-refractivity contribution is 0.180. The summed E-state index contributed by atoms with van der Waals surface area (Å²) in [5.74, 6) is 0. The standard InChI is InChI=1S/C9H11BrINO/c1-13-5-8(12)6-3-2-4-7(11)9(6)10/h2-4,8H,5,12H2,1H3/t8-/m1/s1. The maximum absolute atomic E-state index is 5.92. The number of hydrogen-bond donors (Lipinski definition) is 1. The van der Waals surface area contributed by atoms with Crippen molar-refractivity contribution in [2.45, 2.75) is 6.04 Å². The van der Waals surface area contributed by atoms with Crippen molar-refractivity contribution in [3.05, 3.63) is 31.8 Å². The Hall–Kier alpha value is 0.350. The highest BCUT2D eigenvalue weighted by Gasteiger charge is 2.10. The summed E-state index contributed by atoms with van der Waals surface area (Å²) in [6.07, 6.45) is 0. The van der Waals surface area contributed by atoms with Gasteiger partial charge in [0.25, 0.3) is 0 Å². The summed E-state index contributed by atoms with van der Waals surface area (Å²) >= 11 is 5.78. The van der Waals surface area contributed by atoms with Crippen molar-refractivity contribution in [2.75, 3.05) is 13.7 Å². The van der Waals surface area contributed by atoms with E-state index in [0.29, 0.717) is 6.61 Å². The van der Waals surface area contributed by atoms with Crippen LogP contribution in [-0.4, -0.2) is 13.7 Å². The lowest BCUT2D eigenvalue weighted by Gasteiger charge is -2.13. The molecule has 2 N–H and O–H groups in total. The van der Waals surface area contributed by atoms with Crippen LogP contribution in [0, 0.1) is 3.57 Å². The minimum Gasteiger partial charge on any atom is -0.383 e. The largest absolute Gasteiger partial charge is 0.383 e. The third-order valence-corrected chi connectivity index (χ3v) is 4.25. The van der Waals surface area contributed by atoms with Gasteiger partial charge in [-0.2, -0.15) is 0 Å². The lowest BCUT2D eigenvalue weighted by Crippen LogP contribution is -2.16. The van der Waals surface area contributed by atoms with E-state index in [4.69, 9.17) is 10.5 Å². The minimum atomic E-state index is -0.0610. The summed E-state index contributed by atoms with van der Waals surface area (Å²) in [4.78, 5) is 0. The zero-order valence-corrected chi connectivity index (χ0v) is 11.0. The summed E-state index contributed by atoms with van der Waals surface area (Å²) < 4.78 is 7.24. The highest BCUT2D eigenvalue weighted by atomic mass is 127. The summed E-state index contributed by atoms with van der Waals surface area (Å²) in [7, 11) is 1.65. The molecule has 1 aromatic rings. The number of nitrogens with two attached hydrogens (primary N) is 1. The van der Waals surface area contributed by atoms with Crippen LogP contribution in [0.1, 0.15) is 11.6 Å². The smallest absolute Gasteiger partial charge is 0.0655 e. The van der Waals surface area contributed by atoms with Crippen molar-refractivity contribution in [1.82, 2.24) is 0 Å². The molecular weight excluding hydrogens is 345 g/mol. The van der Waals surface area contributed by atoms with Gasteiger partial charge in [0, 0.05) is 15.2 Å². The average Bonchev–Trinajstić information content (AvgIpc) is 2.10. The first-order valence-electron chi connectivity index (χ1n) is 3.85. The van der Waals surface area contributed by atoms with Crippen LogP contribution in [0.4, 0.5) is 0 Å². The Balaban J connectivity index is 2.93. The third kappa shape index (κ3) is 2.90. The van der Waals surface area contributed by atoms with E-state index >= 15 is 0 Å². The molecule has 0 unspecified atom stereocenters. The molecule has 1 atom stereocenters. The summed E-state index contributed by atoms with van der Waals surface area (Å²) in [5.41, 5.74) is 7.01. The molecule has 1 aromatic carbocycles.